The van der Waals surface area contributed by atoms with Gasteiger partial charge in [-0.3, -0.25) is 0 Å². The molecule has 4 heteroatoms. The maximum atomic E-state index is 5.42. The van der Waals surface area contributed by atoms with Crippen LogP contribution in [0, 0.1) is 0 Å². The van der Waals surface area contributed by atoms with Crippen LogP contribution in [0.5, 0.6) is 0 Å². The summed E-state index contributed by atoms with van der Waals surface area (Å²) in [4.78, 5) is 2.26. The summed E-state index contributed by atoms with van der Waals surface area (Å²) < 4.78 is 5.42. The fourth-order valence-electron chi connectivity index (χ4n) is 2.03. The van der Waals surface area contributed by atoms with Gasteiger partial charge in [0.1, 0.15) is 0 Å². The molecule has 0 atom stereocenters. The number of anilines is 1. The van der Waals surface area contributed by atoms with Crippen molar-refractivity contribution in [3.05, 3.63) is 47.9 Å². The second-order valence-electron chi connectivity index (χ2n) is 5.17. The van der Waals surface area contributed by atoms with E-state index < -0.39 is 0 Å². The van der Waals surface area contributed by atoms with Gasteiger partial charge in [-0.25, -0.2) is 0 Å². The standard InChI is InChI=1S/C16H23N3O/c1-4-19(15-8-6-5-7-9-15)12-16-10-14(18-20-16)11-17-13(2)3/h5-10,13,17H,4,11-12H2,1-3H3. The molecule has 0 saturated heterocycles. The molecule has 1 N–H and O–H groups in total. The quantitative estimate of drug-likeness (QED) is 0.841. The Morgan fingerprint density at radius 1 is 1.25 bits per heavy atom. The highest BCUT2D eigenvalue weighted by Crippen LogP contribution is 2.16. The molecule has 2 aromatic rings. The third kappa shape index (κ3) is 4.10. The van der Waals surface area contributed by atoms with Crippen molar-refractivity contribution < 1.29 is 4.52 Å². The number of aromatic nitrogens is 1. The van der Waals surface area contributed by atoms with Gasteiger partial charge in [0.2, 0.25) is 0 Å². The topological polar surface area (TPSA) is 41.3 Å². The first kappa shape index (κ1) is 14.6. The Labute approximate surface area is 120 Å². The van der Waals surface area contributed by atoms with Crippen LogP contribution < -0.4 is 10.2 Å². The first-order valence-electron chi connectivity index (χ1n) is 7.17. The predicted molar refractivity (Wildman–Crippen MR) is 81.6 cm³/mol. The summed E-state index contributed by atoms with van der Waals surface area (Å²) in [5, 5.41) is 7.44. The minimum absolute atomic E-state index is 0.451. The van der Waals surface area contributed by atoms with Crippen molar-refractivity contribution >= 4 is 5.69 Å². The molecule has 0 unspecified atom stereocenters. The van der Waals surface area contributed by atoms with E-state index in [1.165, 1.54) is 5.69 Å². The zero-order valence-electron chi connectivity index (χ0n) is 12.5. The Kier molecular flexibility index (Phi) is 5.18. The Bertz CT molecular complexity index is 507. The van der Waals surface area contributed by atoms with Crippen molar-refractivity contribution in [2.24, 2.45) is 0 Å². The van der Waals surface area contributed by atoms with Crippen LogP contribution in [0.25, 0.3) is 0 Å². The molecule has 0 amide bonds. The van der Waals surface area contributed by atoms with E-state index in [4.69, 9.17) is 4.52 Å². The molecule has 0 fully saturated rings. The van der Waals surface area contributed by atoms with Gasteiger partial charge in [0.15, 0.2) is 5.76 Å². The molecule has 0 bridgehead atoms. The highest BCUT2D eigenvalue weighted by atomic mass is 16.5. The van der Waals surface area contributed by atoms with Crippen LogP contribution in [0.2, 0.25) is 0 Å². The number of nitrogens with zero attached hydrogens (tertiary/aromatic N) is 2. The minimum Gasteiger partial charge on any atom is -0.364 e. The fraction of sp³-hybridized carbons (Fsp3) is 0.438. The third-order valence-corrected chi connectivity index (χ3v) is 3.15. The maximum absolute atomic E-state index is 5.42. The Balaban J connectivity index is 1.98. The molecule has 0 aliphatic rings. The first-order chi connectivity index (χ1) is 9.69. The smallest absolute Gasteiger partial charge is 0.156 e. The highest BCUT2D eigenvalue weighted by Gasteiger charge is 2.10. The van der Waals surface area contributed by atoms with Crippen LogP contribution in [0.4, 0.5) is 5.69 Å². The van der Waals surface area contributed by atoms with Crippen molar-refractivity contribution in [2.45, 2.75) is 39.9 Å². The summed E-state index contributed by atoms with van der Waals surface area (Å²) in [6.07, 6.45) is 0. The molecule has 1 heterocycles. The van der Waals surface area contributed by atoms with Crippen molar-refractivity contribution in [2.75, 3.05) is 11.4 Å². The Morgan fingerprint density at radius 3 is 2.65 bits per heavy atom. The molecule has 108 valence electrons. The third-order valence-electron chi connectivity index (χ3n) is 3.15. The summed E-state index contributed by atoms with van der Waals surface area (Å²) >= 11 is 0. The predicted octanol–water partition coefficient (Wildman–Crippen LogP) is 3.20. The summed E-state index contributed by atoms with van der Waals surface area (Å²) in [5.74, 6) is 0.899. The van der Waals surface area contributed by atoms with Crippen LogP contribution in [0.1, 0.15) is 32.2 Å². The molecule has 0 saturated carbocycles. The van der Waals surface area contributed by atoms with E-state index in [1.54, 1.807) is 0 Å². The second kappa shape index (κ2) is 7.10. The Morgan fingerprint density at radius 2 is 2.00 bits per heavy atom. The van der Waals surface area contributed by atoms with Gasteiger partial charge in [-0.15, -0.1) is 0 Å². The van der Waals surface area contributed by atoms with E-state index in [9.17, 15) is 0 Å². The second-order valence-corrected chi connectivity index (χ2v) is 5.17. The van der Waals surface area contributed by atoms with Crippen molar-refractivity contribution in [1.82, 2.24) is 10.5 Å². The highest BCUT2D eigenvalue weighted by molar-refractivity contribution is 5.45. The van der Waals surface area contributed by atoms with Gasteiger partial charge < -0.3 is 14.7 Å². The molecular weight excluding hydrogens is 250 g/mol. The SMILES string of the molecule is CCN(Cc1cc(CNC(C)C)no1)c1ccccc1. The molecule has 0 aliphatic carbocycles. The van der Waals surface area contributed by atoms with Gasteiger partial charge in [0, 0.05) is 30.9 Å². The lowest BCUT2D eigenvalue weighted by Crippen LogP contribution is -2.22. The van der Waals surface area contributed by atoms with Crippen molar-refractivity contribution in [3.63, 3.8) is 0 Å². The van der Waals surface area contributed by atoms with E-state index >= 15 is 0 Å². The van der Waals surface area contributed by atoms with E-state index in [2.05, 4.69) is 60.4 Å². The van der Waals surface area contributed by atoms with Gasteiger partial charge >= 0.3 is 0 Å². The lowest BCUT2D eigenvalue weighted by Gasteiger charge is -2.21. The van der Waals surface area contributed by atoms with Gasteiger partial charge in [-0.1, -0.05) is 37.2 Å². The van der Waals surface area contributed by atoms with Crippen molar-refractivity contribution in [1.29, 1.82) is 0 Å². The molecular formula is C16H23N3O. The average molecular weight is 273 g/mol. The monoisotopic (exact) mass is 273 g/mol. The maximum Gasteiger partial charge on any atom is 0.156 e. The molecule has 2 rings (SSSR count). The summed E-state index contributed by atoms with van der Waals surface area (Å²) in [7, 11) is 0. The first-order valence-corrected chi connectivity index (χ1v) is 7.17. The fourth-order valence-corrected chi connectivity index (χ4v) is 2.03. The van der Waals surface area contributed by atoms with E-state index in [0.717, 1.165) is 31.1 Å². The minimum atomic E-state index is 0.451. The number of rotatable bonds is 7. The molecule has 1 aromatic carbocycles. The van der Waals surface area contributed by atoms with Crippen LogP contribution in [-0.4, -0.2) is 17.7 Å². The molecule has 0 aliphatic heterocycles. The van der Waals surface area contributed by atoms with Crippen LogP contribution in [0.3, 0.4) is 0 Å². The van der Waals surface area contributed by atoms with E-state index in [-0.39, 0.29) is 0 Å². The summed E-state index contributed by atoms with van der Waals surface area (Å²) in [5.41, 5.74) is 2.16. The molecule has 1 aromatic heterocycles. The van der Waals surface area contributed by atoms with Gasteiger partial charge in [-0.2, -0.15) is 0 Å². The number of benzene rings is 1. The zero-order chi connectivity index (χ0) is 14.4. The lowest BCUT2D eigenvalue weighted by atomic mass is 10.2. The number of para-hydroxylation sites is 1. The molecule has 0 spiro atoms. The average Bonchev–Trinajstić information content (AvgIpc) is 2.91. The lowest BCUT2D eigenvalue weighted by molar-refractivity contribution is 0.372. The largest absolute Gasteiger partial charge is 0.364 e. The van der Waals surface area contributed by atoms with E-state index in [0.29, 0.717) is 6.04 Å². The van der Waals surface area contributed by atoms with Crippen LogP contribution in [0.15, 0.2) is 40.9 Å². The summed E-state index contributed by atoms with van der Waals surface area (Å²) in [6.45, 7) is 8.81. The molecule has 0 radical (unpaired) electrons. The van der Waals surface area contributed by atoms with Crippen LogP contribution >= 0.6 is 0 Å². The van der Waals surface area contributed by atoms with Crippen molar-refractivity contribution in [3.8, 4) is 0 Å². The van der Waals surface area contributed by atoms with Crippen LogP contribution in [-0.2, 0) is 13.1 Å². The number of hydrogen-bond acceptors (Lipinski definition) is 4. The van der Waals surface area contributed by atoms with Gasteiger partial charge in [-0.05, 0) is 19.1 Å². The van der Waals surface area contributed by atoms with Gasteiger partial charge in [0.25, 0.3) is 0 Å². The van der Waals surface area contributed by atoms with Gasteiger partial charge in [0.05, 0.1) is 12.2 Å². The normalized spacial score (nSPS) is 11.0. The summed E-state index contributed by atoms with van der Waals surface area (Å²) in [6, 6.07) is 12.8. The Hall–Kier alpha value is -1.81. The van der Waals surface area contributed by atoms with E-state index in [1.807, 2.05) is 12.1 Å². The number of hydrogen-bond donors (Lipinski definition) is 1. The zero-order valence-corrected chi connectivity index (χ0v) is 12.5. The molecule has 20 heavy (non-hydrogen) atoms. The number of nitrogens with one attached hydrogen (secondary N) is 1. The molecule has 4 nitrogen and oxygen atoms in total.